The highest BCUT2D eigenvalue weighted by Crippen LogP contribution is 2.35. The van der Waals surface area contributed by atoms with Crippen LogP contribution in [-0.4, -0.2) is 17.6 Å². The van der Waals surface area contributed by atoms with Gasteiger partial charge in [-0.2, -0.15) is 13.2 Å². The normalized spacial score (nSPS) is 11.7. The molecular formula is C13H9ClF3NO2. The van der Waals surface area contributed by atoms with E-state index >= 15 is 0 Å². The minimum atomic E-state index is -4.58. The molecule has 0 aliphatic carbocycles. The fourth-order valence-corrected chi connectivity index (χ4v) is 2.02. The lowest BCUT2D eigenvalue weighted by atomic mass is 10.0. The van der Waals surface area contributed by atoms with Gasteiger partial charge in [0.15, 0.2) is 0 Å². The number of pyridine rings is 1. The molecule has 0 unspecified atom stereocenters. The Balaban J connectivity index is 2.76. The van der Waals surface area contributed by atoms with E-state index in [0.29, 0.717) is 0 Å². The van der Waals surface area contributed by atoms with Crippen molar-refractivity contribution in [2.45, 2.75) is 13.1 Å². The number of hydrogen-bond acceptors (Lipinski definition) is 3. The molecule has 3 nitrogen and oxygen atoms in total. The third-order valence-corrected chi connectivity index (χ3v) is 2.80. The van der Waals surface area contributed by atoms with E-state index in [4.69, 9.17) is 16.3 Å². The number of fused-ring (bicyclic) bond motifs is 1. The zero-order valence-electron chi connectivity index (χ0n) is 10.3. The monoisotopic (exact) mass is 303 g/mol. The number of aromatic nitrogens is 1. The number of carbonyl (C=O) groups excluding carboxylic acids is 1. The van der Waals surface area contributed by atoms with Gasteiger partial charge in [0.1, 0.15) is 5.15 Å². The largest absolute Gasteiger partial charge is 0.462 e. The zero-order valence-corrected chi connectivity index (χ0v) is 11.0. The summed E-state index contributed by atoms with van der Waals surface area (Å²) in [6, 6.07) is 4.67. The van der Waals surface area contributed by atoms with Crippen LogP contribution in [0.15, 0.2) is 24.3 Å². The van der Waals surface area contributed by atoms with Crippen LogP contribution in [0.1, 0.15) is 22.8 Å². The summed E-state index contributed by atoms with van der Waals surface area (Å²) in [4.78, 5) is 15.5. The van der Waals surface area contributed by atoms with Crippen molar-refractivity contribution < 1.29 is 22.7 Å². The van der Waals surface area contributed by atoms with Gasteiger partial charge in [-0.15, -0.1) is 0 Å². The number of benzene rings is 1. The quantitative estimate of drug-likeness (QED) is 0.620. The molecule has 1 heterocycles. The molecule has 0 N–H and O–H groups in total. The van der Waals surface area contributed by atoms with Crippen LogP contribution in [0.25, 0.3) is 10.9 Å². The topological polar surface area (TPSA) is 39.2 Å². The number of para-hydroxylation sites is 1. The second-order valence-corrected chi connectivity index (χ2v) is 4.30. The Morgan fingerprint density at radius 1 is 1.40 bits per heavy atom. The first-order chi connectivity index (χ1) is 9.34. The van der Waals surface area contributed by atoms with Gasteiger partial charge in [0.25, 0.3) is 0 Å². The molecule has 0 saturated carbocycles. The Hall–Kier alpha value is -1.82. The maximum Gasteiger partial charge on any atom is 0.418 e. The van der Waals surface area contributed by atoms with Gasteiger partial charge in [-0.25, -0.2) is 9.78 Å². The van der Waals surface area contributed by atoms with Gasteiger partial charge >= 0.3 is 12.1 Å². The SMILES string of the molecule is CCOC(=O)c1cc(Cl)nc2c(C(F)(F)F)cccc12. The first-order valence-electron chi connectivity index (χ1n) is 5.68. The summed E-state index contributed by atoms with van der Waals surface area (Å²) in [6.45, 7) is 1.71. The number of nitrogens with zero attached hydrogens (tertiary/aromatic N) is 1. The molecule has 2 rings (SSSR count). The number of carbonyl (C=O) groups is 1. The average Bonchev–Trinajstić information content (AvgIpc) is 2.36. The second kappa shape index (κ2) is 5.28. The van der Waals surface area contributed by atoms with E-state index in [9.17, 15) is 18.0 Å². The molecule has 7 heteroatoms. The lowest BCUT2D eigenvalue weighted by molar-refractivity contribution is -0.136. The molecule has 1 aromatic carbocycles. The number of hydrogen-bond donors (Lipinski definition) is 0. The van der Waals surface area contributed by atoms with Crippen LogP contribution in [0.4, 0.5) is 13.2 Å². The van der Waals surface area contributed by atoms with Gasteiger partial charge < -0.3 is 4.74 Å². The maximum atomic E-state index is 12.9. The highest BCUT2D eigenvalue weighted by atomic mass is 35.5. The van der Waals surface area contributed by atoms with E-state index in [1.54, 1.807) is 6.92 Å². The standard InChI is InChI=1S/C13H9ClF3NO2/c1-2-20-12(19)8-6-10(14)18-11-7(8)4-3-5-9(11)13(15,16)17/h3-6H,2H2,1H3. The molecule has 0 radical (unpaired) electrons. The lowest BCUT2D eigenvalue weighted by Crippen LogP contribution is -2.10. The predicted molar refractivity (Wildman–Crippen MR) is 67.7 cm³/mol. The highest BCUT2D eigenvalue weighted by molar-refractivity contribution is 6.30. The summed E-state index contributed by atoms with van der Waals surface area (Å²) < 4.78 is 43.6. The summed E-state index contributed by atoms with van der Waals surface area (Å²) in [5, 5.41) is -0.139. The van der Waals surface area contributed by atoms with Crippen molar-refractivity contribution in [1.29, 1.82) is 0 Å². The number of alkyl halides is 3. The third kappa shape index (κ3) is 2.70. The molecule has 0 amide bonds. The number of ether oxygens (including phenoxy) is 1. The number of esters is 1. The molecule has 20 heavy (non-hydrogen) atoms. The molecular weight excluding hydrogens is 295 g/mol. The maximum absolute atomic E-state index is 12.9. The molecule has 0 spiro atoms. The van der Waals surface area contributed by atoms with Gasteiger partial charge in [-0.05, 0) is 19.1 Å². The molecule has 0 aliphatic rings. The summed E-state index contributed by atoms with van der Waals surface area (Å²) >= 11 is 5.70. The van der Waals surface area contributed by atoms with Crippen molar-refractivity contribution in [1.82, 2.24) is 4.98 Å². The van der Waals surface area contributed by atoms with Crippen LogP contribution in [0.5, 0.6) is 0 Å². The Kier molecular flexibility index (Phi) is 3.85. The van der Waals surface area contributed by atoms with Crippen molar-refractivity contribution in [3.05, 3.63) is 40.5 Å². The molecule has 0 atom stereocenters. The average molecular weight is 304 g/mol. The van der Waals surface area contributed by atoms with Gasteiger partial charge in [0.2, 0.25) is 0 Å². The number of rotatable bonds is 2. The molecule has 1 aromatic heterocycles. The van der Waals surface area contributed by atoms with Crippen LogP contribution in [0.2, 0.25) is 5.15 Å². The fraction of sp³-hybridized carbons (Fsp3) is 0.231. The Bertz CT molecular complexity index is 670. The van der Waals surface area contributed by atoms with E-state index < -0.39 is 17.7 Å². The van der Waals surface area contributed by atoms with Crippen LogP contribution >= 0.6 is 11.6 Å². The lowest BCUT2D eigenvalue weighted by Gasteiger charge is -2.12. The first-order valence-corrected chi connectivity index (χ1v) is 6.06. The summed E-state index contributed by atoms with van der Waals surface area (Å²) in [5.74, 6) is -0.735. The van der Waals surface area contributed by atoms with E-state index in [0.717, 1.165) is 6.07 Å². The fourth-order valence-electron chi connectivity index (χ4n) is 1.82. The van der Waals surface area contributed by atoms with E-state index in [1.165, 1.54) is 18.2 Å². The molecule has 0 saturated heterocycles. The predicted octanol–water partition coefficient (Wildman–Crippen LogP) is 4.08. The Labute approximate surface area is 117 Å². The highest BCUT2D eigenvalue weighted by Gasteiger charge is 2.34. The zero-order chi connectivity index (χ0) is 14.9. The van der Waals surface area contributed by atoms with E-state index in [2.05, 4.69) is 4.98 Å². The molecule has 0 fully saturated rings. The van der Waals surface area contributed by atoms with Crippen molar-refractivity contribution >= 4 is 28.5 Å². The second-order valence-electron chi connectivity index (χ2n) is 3.91. The molecule has 2 aromatic rings. The smallest absolute Gasteiger partial charge is 0.418 e. The van der Waals surface area contributed by atoms with Crippen LogP contribution < -0.4 is 0 Å². The van der Waals surface area contributed by atoms with Crippen LogP contribution in [0, 0.1) is 0 Å². The summed E-state index contributed by atoms with van der Waals surface area (Å²) in [7, 11) is 0. The number of halogens is 4. The van der Waals surface area contributed by atoms with Crippen LogP contribution in [-0.2, 0) is 10.9 Å². The summed E-state index contributed by atoms with van der Waals surface area (Å²) in [6.07, 6.45) is -4.58. The van der Waals surface area contributed by atoms with Crippen molar-refractivity contribution in [2.75, 3.05) is 6.61 Å². The van der Waals surface area contributed by atoms with E-state index in [1.807, 2.05) is 0 Å². The van der Waals surface area contributed by atoms with E-state index in [-0.39, 0.29) is 28.2 Å². The first kappa shape index (κ1) is 14.6. The van der Waals surface area contributed by atoms with Crippen molar-refractivity contribution in [3.63, 3.8) is 0 Å². The molecule has 106 valence electrons. The van der Waals surface area contributed by atoms with Crippen molar-refractivity contribution in [3.8, 4) is 0 Å². The summed E-state index contributed by atoms with van der Waals surface area (Å²) in [5.41, 5.74) is -1.34. The van der Waals surface area contributed by atoms with Gasteiger partial charge in [0, 0.05) is 5.39 Å². The minimum absolute atomic E-state index is 0.0343. The molecule has 0 bridgehead atoms. The van der Waals surface area contributed by atoms with Gasteiger partial charge in [0.05, 0.1) is 23.3 Å². The van der Waals surface area contributed by atoms with Crippen LogP contribution in [0.3, 0.4) is 0 Å². The Morgan fingerprint density at radius 2 is 2.10 bits per heavy atom. The molecule has 0 aliphatic heterocycles. The van der Waals surface area contributed by atoms with Crippen molar-refractivity contribution in [2.24, 2.45) is 0 Å². The van der Waals surface area contributed by atoms with Gasteiger partial charge in [-0.1, -0.05) is 23.7 Å². The minimum Gasteiger partial charge on any atom is -0.462 e. The van der Waals surface area contributed by atoms with Gasteiger partial charge in [-0.3, -0.25) is 0 Å². The third-order valence-electron chi connectivity index (χ3n) is 2.61. The Morgan fingerprint density at radius 3 is 2.70 bits per heavy atom.